The van der Waals surface area contributed by atoms with E-state index in [1.54, 1.807) is 0 Å². The molecular formula is C16H33NO3. The van der Waals surface area contributed by atoms with Crippen molar-refractivity contribution in [2.24, 2.45) is 5.92 Å². The predicted octanol–water partition coefficient (Wildman–Crippen LogP) is 3.15. The number of rotatable bonds is 12. The minimum atomic E-state index is -0.644. The quantitative estimate of drug-likeness (QED) is 0.442. The van der Waals surface area contributed by atoms with Gasteiger partial charge in [-0.15, -0.1) is 0 Å². The third kappa shape index (κ3) is 7.25. The molecule has 120 valence electrons. The van der Waals surface area contributed by atoms with E-state index < -0.39 is 5.54 Å². The van der Waals surface area contributed by atoms with Crippen molar-refractivity contribution in [2.75, 3.05) is 26.9 Å². The summed E-state index contributed by atoms with van der Waals surface area (Å²) in [6, 6.07) is 0. The highest BCUT2D eigenvalue weighted by atomic mass is 16.5. The molecule has 0 aromatic heterocycles. The summed E-state index contributed by atoms with van der Waals surface area (Å²) in [6.07, 6.45) is 5.52. The molecular weight excluding hydrogens is 254 g/mol. The summed E-state index contributed by atoms with van der Waals surface area (Å²) in [5.41, 5.74) is -0.644. The predicted molar refractivity (Wildman–Crippen MR) is 82.8 cm³/mol. The van der Waals surface area contributed by atoms with E-state index in [4.69, 9.17) is 9.47 Å². The minimum absolute atomic E-state index is 0.221. The minimum Gasteiger partial charge on any atom is -0.468 e. The van der Waals surface area contributed by atoms with Crippen LogP contribution in [0, 0.1) is 5.92 Å². The molecule has 0 fully saturated rings. The second kappa shape index (κ2) is 11.1. The van der Waals surface area contributed by atoms with Crippen molar-refractivity contribution >= 4 is 5.97 Å². The molecule has 20 heavy (non-hydrogen) atoms. The van der Waals surface area contributed by atoms with Crippen molar-refractivity contribution in [2.45, 2.75) is 65.3 Å². The maximum atomic E-state index is 11.8. The Balaban J connectivity index is 4.08. The smallest absolute Gasteiger partial charge is 0.325 e. The van der Waals surface area contributed by atoms with Gasteiger partial charge in [-0.2, -0.15) is 0 Å². The lowest BCUT2D eigenvalue weighted by Crippen LogP contribution is -2.50. The number of ether oxygens (including phenoxy) is 2. The number of carbonyl (C=O) groups is 1. The van der Waals surface area contributed by atoms with Gasteiger partial charge in [0, 0.05) is 13.2 Å². The first-order valence-corrected chi connectivity index (χ1v) is 7.95. The van der Waals surface area contributed by atoms with E-state index in [1.165, 1.54) is 26.4 Å². The van der Waals surface area contributed by atoms with Gasteiger partial charge in [0.05, 0.1) is 7.11 Å². The van der Waals surface area contributed by atoms with Gasteiger partial charge in [-0.1, -0.05) is 40.0 Å². The van der Waals surface area contributed by atoms with Crippen molar-refractivity contribution in [3.63, 3.8) is 0 Å². The zero-order valence-electron chi connectivity index (χ0n) is 14.0. The molecule has 0 aliphatic heterocycles. The van der Waals surface area contributed by atoms with Crippen LogP contribution in [-0.2, 0) is 14.3 Å². The third-order valence-electron chi connectivity index (χ3n) is 3.85. The van der Waals surface area contributed by atoms with Crippen LogP contribution in [-0.4, -0.2) is 38.4 Å². The molecule has 0 aromatic carbocycles. The van der Waals surface area contributed by atoms with Gasteiger partial charge < -0.3 is 14.8 Å². The number of hydrogen-bond acceptors (Lipinski definition) is 4. The van der Waals surface area contributed by atoms with Crippen LogP contribution in [0.4, 0.5) is 0 Å². The average Bonchev–Trinajstić information content (AvgIpc) is 2.46. The number of unbranched alkanes of at least 4 members (excludes halogenated alkanes) is 1. The molecule has 4 heteroatoms. The molecule has 0 aromatic rings. The molecule has 1 N–H and O–H groups in total. The van der Waals surface area contributed by atoms with E-state index in [2.05, 4.69) is 19.2 Å². The Labute approximate surface area is 124 Å². The summed E-state index contributed by atoms with van der Waals surface area (Å²) in [5.74, 6) is 0.416. The number of likely N-dealkylation sites (N-methyl/N-ethyl adjacent to an activating group) is 1. The second-order valence-electron chi connectivity index (χ2n) is 5.60. The Morgan fingerprint density at radius 3 is 2.50 bits per heavy atom. The van der Waals surface area contributed by atoms with Crippen molar-refractivity contribution in [1.29, 1.82) is 0 Å². The standard InChI is InChI=1S/C16H33NO3/c1-6-9-10-14(7-2)13-20-12-11-16(4,17-8-3)15(18)19-5/h14,17H,6-13H2,1-5H3. The molecule has 0 radical (unpaired) electrons. The van der Waals surface area contributed by atoms with Crippen LogP contribution in [0.15, 0.2) is 0 Å². The highest BCUT2D eigenvalue weighted by Gasteiger charge is 2.32. The van der Waals surface area contributed by atoms with Crippen LogP contribution < -0.4 is 5.32 Å². The third-order valence-corrected chi connectivity index (χ3v) is 3.85. The van der Waals surface area contributed by atoms with E-state index >= 15 is 0 Å². The molecule has 0 heterocycles. The molecule has 0 bridgehead atoms. The summed E-state index contributed by atoms with van der Waals surface area (Å²) < 4.78 is 10.6. The molecule has 0 saturated heterocycles. The average molecular weight is 287 g/mol. The van der Waals surface area contributed by atoms with Gasteiger partial charge >= 0.3 is 5.97 Å². The van der Waals surface area contributed by atoms with Crippen molar-refractivity contribution < 1.29 is 14.3 Å². The fraction of sp³-hybridized carbons (Fsp3) is 0.938. The molecule has 0 aliphatic carbocycles. The van der Waals surface area contributed by atoms with E-state index in [-0.39, 0.29) is 5.97 Å². The maximum Gasteiger partial charge on any atom is 0.325 e. The Morgan fingerprint density at radius 2 is 2.00 bits per heavy atom. The van der Waals surface area contributed by atoms with Gasteiger partial charge in [0.15, 0.2) is 0 Å². The lowest BCUT2D eigenvalue weighted by atomic mass is 9.98. The van der Waals surface area contributed by atoms with Gasteiger partial charge in [-0.05, 0) is 32.2 Å². The summed E-state index contributed by atoms with van der Waals surface area (Å²) >= 11 is 0. The first kappa shape index (κ1) is 19.4. The Hall–Kier alpha value is -0.610. The van der Waals surface area contributed by atoms with Gasteiger partial charge in [-0.25, -0.2) is 0 Å². The molecule has 0 amide bonds. The van der Waals surface area contributed by atoms with Crippen LogP contribution in [0.2, 0.25) is 0 Å². The lowest BCUT2D eigenvalue weighted by Gasteiger charge is -2.27. The molecule has 0 saturated carbocycles. The summed E-state index contributed by atoms with van der Waals surface area (Å²) in [7, 11) is 1.43. The second-order valence-corrected chi connectivity index (χ2v) is 5.60. The SMILES string of the molecule is CCCCC(CC)COCCC(C)(NCC)C(=O)OC. The Morgan fingerprint density at radius 1 is 1.30 bits per heavy atom. The Bertz CT molecular complexity index is 258. The van der Waals surface area contributed by atoms with Gasteiger partial charge in [-0.3, -0.25) is 4.79 Å². The fourth-order valence-corrected chi connectivity index (χ4v) is 2.30. The maximum absolute atomic E-state index is 11.8. The van der Waals surface area contributed by atoms with E-state index in [0.29, 0.717) is 18.9 Å². The molecule has 0 rings (SSSR count). The Kier molecular flexibility index (Phi) is 10.8. The van der Waals surface area contributed by atoms with Crippen molar-refractivity contribution in [3.8, 4) is 0 Å². The van der Waals surface area contributed by atoms with Crippen LogP contribution >= 0.6 is 0 Å². The molecule has 0 spiro atoms. The highest BCUT2D eigenvalue weighted by Crippen LogP contribution is 2.15. The van der Waals surface area contributed by atoms with Gasteiger partial charge in [0.2, 0.25) is 0 Å². The largest absolute Gasteiger partial charge is 0.468 e. The van der Waals surface area contributed by atoms with Crippen molar-refractivity contribution in [1.82, 2.24) is 5.32 Å². The molecule has 4 nitrogen and oxygen atoms in total. The fourth-order valence-electron chi connectivity index (χ4n) is 2.30. The summed E-state index contributed by atoms with van der Waals surface area (Å²) in [6.45, 7) is 10.4. The van der Waals surface area contributed by atoms with E-state index in [9.17, 15) is 4.79 Å². The number of carbonyl (C=O) groups excluding carboxylic acids is 1. The number of nitrogens with one attached hydrogen (secondary N) is 1. The molecule has 0 aliphatic rings. The van der Waals surface area contributed by atoms with Gasteiger partial charge in [0.1, 0.15) is 5.54 Å². The molecule has 2 atom stereocenters. The van der Waals surface area contributed by atoms with Crippen LogP contribution in [0.25, 0.3) is 0 Å². The van der Waals surface area contributed by atoms with E-state index in [0.717, 1.165) is 19.6 Å². The number of esters is 1. The number of methoxy groups -OCH3 is 1. The lowest BCUT2D eigenvalue weighted by molar-refractivity contribution is -0.148. The van der Waals surface area contributed by atoms with Crippen LogP contribution in [0.1, 0.15) is 59.8 Å². The van der Waals surface area contributed by atoms with Crippen LogP contribution in [0.3, 0.4) is 0 Å². The van der Waals surface area contributed by atoms with Gasteiger partial charge in [0.25, 0.3) is 0 Å². The first-order valence-electron chi connectivity index (χ1n) is 7.95. The van der Waals surface area contributed by atoms with Crippen LogP contribution in [0.5, 0.6) is 0 Å². The summed E-state index contributed by atoms with van der Waals surface area (Å²) in [5, 5.41) is 3.19. The van der Waals surface area contributed by atoms with E-state index in [1.807, 2.05) is 13.8 Å². The summed E-state index contributed by atoms with van der Waals surface area (Å²) in [4.78, 5) is 11.8. The normalized spacial score (nSPS) is 15.7. The first-order chi connectivity index (χ1) is 9.53. The highest BCUT2D eigenvalue weighted by molar-refractivity contribution is 5.80. The van der Waals surface area contributed by atoms with Crippen molar-refractivity contribution in [3.05, 3.63) is 0 Å². The zero-order valence-corrected chi connectivity index (χ0v) is 14.0. The number of hydrogen-bond donors (Lipinski definition) is 1. The molecule has 2 unspecified atom stereocenters. The topological polar surface area (TPSA) is 47.6 Å². The monoisotopic (exact) mass is 287 g/mol. The zero-order chi connectivity index (χ0) is 15.4.